The Labute approximate surface area is 189 Å². The number of aromatic amines is 1. The van der Waals surface area contributed by atoms with Crippen LogP contribution >= 0.6 is 0 Å². The maximum Gasteiger partial charge on any atom is 0.272 e. The number of benzene rings is 1. The van der Waals surface area contributed by atoms with Crippen molar-refractivity contribution >= 4 is 11.8 Å². The van der Waals surface area contributed by atoms with Crippen molar-refractivity contribution in [1.29, 1.82) is 0 Å². The molecule has 5 rings (SSSR count). The number of rotatable bonds is 4. The molecule has 3 heterocycles. The van der Waals surface area contributed by atoms with Crippen LogP contribution in [-0.4, -0.2) is 63.1 Å². The third kappa shape index (κ3) is 3.21. The second kappa shape index (κ2) is 7.94. The standard InChI is InChI=1S/C25H32N4O3/c1-4-32-21-10-6-5-9-18(21)19-13-20(27-26-19)24(31)29-17-14-25(3)22(28(15-17)16(2)30)11-7-8-12-23(25)29/h5-6,9-10,13,17,22-23H,4,7-8,11-12,14-15H2,1-3H3,(H,26,27)/t17-,22+,23-,25+/m0/s1. The maximum absolute atomic E-state index is 13.8. The normalized spacial score (nSPS) is 29.0. The molecule has 2 saturated heterocycles. The largest absolute Gasteiger partial charge is 0.493 e. The first-order chi connectivity index (χ1) is 15.4. The number of ether oxygens (including phenoxy) is 1. The molecule has 0 radical (unpaired) electrons. The molecule has 1 N–H and O–H groups in total. The molecular formula is C25H32N4O3. The van der Waals surface area contributed by atoms with Gasteiger partial charge in [0, 0.05) is 36.5 Å². The summed E-state index contributed by atoms with van der Waals surface area (Å²) in [5, 5.41) is 7.44. The summed E-state index contributed by atoms with van der Waals surface area (Å²) in [4.78, 5) is 30.4. The fourth-order valence-corrected chi connectivity index (χ4v) is 6.49. The van der Waals surface area contributed by atoms with E-state index in [1.54, 1.807) is 6.92 Å². The number of carbonyl (C=O) groups excluding carboxylic acids is 2. The highest BCUT2D eigenvalue weighted by Crippen LogP contribution is 2.53. The van der Waals surface area contributed by atoms with Crippen LogP contribution in [0.5, 0.6) is 5.75 Å². The van der Waals surface area contributed by atoms with Crippen molar-refractivity contribution in [2.24, 2.45) is 5.41 Å². The van der Waals surface area contributed by atoms with E-state index in [0.29, 0.717) is 24.5 Å². The van der Waals surface area contributed by atoms with E-state index in [-0.39, 0.29) is 35.4 Å². The van der Waals surface area contributed by atoms with E-state index >= 15 is 0 Å². The second-order valence-corrected chi connectivity index (χ2v) is 9.66. The van der Waals surface area contributed by atoms with Crippen molar-refractivity contribution in [2.45, 2.75) is 71.0 Å². The van der Waals surface area contributed by atoms with Crippen molar-refractivity contribution in [3.05, 3.63) is 36.0 Å². The molecule has 0 unspecified atom stereocenters. The first-order valence-electron chi connectivity index (χ1n) is 11.8. The van der Waals surface area contributed by atoms with Gasteiger partial charge in [0.25, 0.3) is 5.91 Å². The Hall–Kier alpha value is -2.83. The number of para-hydroxylation sites is 1. The quantitative estimate of drug-likeness (QED) is 0.789. The summed E-state index contributed by atoms with van der Waals surface area (Å²) < 4.78 is 5.75. The van der Waals surface area contributed by atoms with E-state index in [2.05, 4.69) is 22.0 Å². The summed E-state index contributed by atoms with van der Waals surface area (Å²) in [6.45, 7) is 7.10. The van der Waals surface area contributed by atoms with E-state index in [1.165, 1.54) is 0 Å². The van der Waals surface area contributed by atoms with E-state index in [9.17, 15) is 9.59 Å². The molecule has 1 aliphatic carbocycles. The van der Waals surface area contributed by atoms with Gasteiger partial charge in [-0.25, -0.2) is 0 Å². The summed E-state index contributed by atoms with van der Waals surface area (Å²) in [6.07, 6.45) is 5.19. The SMILES string of the molecule is CCOc1ccccc1-c1cc(C(=O)N2[C@@H]3CN(C(C)=O)[C@@H]4CCCC[C@H]2[C@]4(C)C3)[nH]n1. The molecule has 7 heteroatoms. The maximum atomic E-state index is 13.8. The first kappa shape index (κ1) is 21.0. The molecule has 4 atom stereocenters. The topological polar surface area (TPSA) is 78.5 Å². The van der Waals surface area contributed by atoms with Gasteiger partial charge in [-0.05, 0) is 44.4 Å². The molecule has 1 aromatic heterocycles. The number of fused-ring (bicyclic) bond motifs is 1. The molecule has 1 aromatic carbocycles. The van der Waals surface area contributed by atoms with E-state index < -0.39 is 0 Å². The lowest BCUT2D eigenvalue weighted by molar-refractivity contribution is -0.136. The first-order valence-corrected chi connectivity index (χ1v) is 11.8. The molecule has 3 aliphatic rings. The molecule has 170 valence electrons. The molecule has 2 aliphatic heterocycles. The number of nitrogens with zero attached hydrogens (tertiary/aromatic N) is 3. The number of amides is 2. The fraction of sp³-hybridized carbons (Fsp3) is 0.560. The van der Waals surface area contributed by atoms with Gasteiger partial charge in [-0.1, -0.05) is 31.9 Å². The van der Waals surface area contributed by atoms with Crippen LogP contribution in [0.1, 0.15) is 63.4 Å². The van der Waals surface area contributed by atoms with Crippen LogP contribution in [0.3, 0.4) is 0 Å². The van der Waals surface area contributed by atoms with Gasteiger partial charge in [-0.3, -0.25) is 14.7 Å². The van der Waals surface area contributed by atoms with Gasteiger partial charge in [0.1, 0.15) is 11.4 Å². The molecule has 32 heavy (non-hydrogen) atoms. The van der Waals surface area contributed by atoms with Crippen LogP contribution in [0.2, 0.25) is 0 Å². The Morgan fingerprint density at radius 2 is 1.97 bits per heavy atom. The van der Waals surface area contributed by atoms with Crippen molar-refractivity contribution in [3.8, 4) is 17.0 Å². The van der Waals surface area contributed by atoms with Crippen LogP contribution in [0.25, 0.3) is 11.3 Å². The Morgan fingerprint density at radius 3 is 2.72 bits per heavy atom. The average molecular weight is 437 g/mol. The Balaban J connectivity index is 1.47. The third-order valence-corrected chi connectivity index (χ3v) is 7.83. The number of nitrogens with one attached hydrogen (secondary N) is 1. The summed E-state index contributed by atoms with van der Waals surface area (Å²) >= 11 is 0. The number of hydrogen-bond acceptors (Lipinski definition) is 4. The molecule has 1 saturated carbocycles. The van der Waals surface area contributed by atoms with Crippen molar-refractivity contribution in [2.75, 3.05) is 13.2 Å². The Morgan fingerprint density at radius 1 is 1.22 bits per heavy atom. The van der Waals surface area contributed by atoms with Crippen molar-refractivity contribution in [1.82, 2.24) is 20.0 Å². The number of H-pyrrole nitrogens is 1. The summed E-state index contributed by atoms with van der Waals surface area (Å²) in [7, 11) is 0. The highest BCUT2D eigenvalue weighted by molar-refractivity contribution is 5.94. The number of carbonyl (C=O) groups is 2. The smallest absolute Gasteiger partial charge is 0.272 e. The van der Waals surface area contributed by atoms with Gasteiger partial charge in [-0.2, -0.15) is 5.10 Å². The van der Waals surface area contributed by atoms with Crippen LogP contribution < -0.4 is 4.74 Å². The fourth-order valence-electron chi connectivity index (χ4n) is 6.49. The number of likely N-dealkylation sites (tertiary alicyclic amines) is 2. The van der Waals surface area contributed by atoms with Gasteiger partial charge >= 0.3 is 0 Å². The highest BCUT2D eigenvalue weighted by Gasteiger charge is 2.60. The van der Waals surface area contributed by atoms with Gasteiger partial charge in [0.05, 0.1) is 18.3 Å². The van der Waals surface area contributed by atoms with Gasteiger partial charge in [0.15, 0.2) is 0 Å². The zero-order chi connectivity index (χ0) is 22.5. The van der Waals surface area contributed by atoms with Crippen LogP contribution in [-0.2, 0) is 4.79 Å². The van der Waals surface area contributed by atoms with Crippen molar-refractivity contribution in [3.63, 3.8) is 0 Å². The van der Waals surface area contributed by atoms with E-state index in [1.807, 2.05) is 42.2 Å². The lowest BCUT2D eigenvalue weighted by atomic mass is 9.71. The van der Waals surface area contributed by atoms with E-state index in [0.717, 1.165) is 43.4 Å². The highest BCUT2D eigenvalue weighted by atomic mass is 16.5. The molecule has 0 spiro atoms. The monoisotopic (exact) mass is 436 g/mol. The predicted molar refractivity (Wildman–Crippen MR) is 121 cm³/mol. The molecule has 7 nitrogen and oxygen atoms in total. The van der Waals surface area contributed by atoms with Crippen molar-refractivity contribution < 1.29 is 14.3 Å². The van der Waals surface area contributed by atoms with Crippen LogP contribution in [0, 0.1) is 5.41 Å². The average Bonchev–Trinajstić information content (AvgIpc) is 3.30. The zero-order valence-electron chi connectivity index (χ0n) is 19.1. The minimum Gasteiger partial charge on any atom is -0.493 e. The molecule has 2 bridgehead atoms. The molecule has 3 fully saturated rings. The van der Waals surface area contributed by atoms with Crippen LogP contribution in [0.4, 0.5) is 0 Å². The minimum absolute atomic E-state index is 0.0116. The van der Waals surface area contributed by atoms with Gasteiger partial charge < -0.3 is 14.5 Å². The minimum atomic E-state index is -0.0504. The van der Waals surface area contributed by atoms with Crippen LogP contribution in [0.15, 0.2) is 30.3 Å². The lowest BCUT2D eigenvalue weighted by Crippen LogP contribution is -2.55. The number of hydrogen-bond donors (Lipinski definition) is 1. The lowest BCUT2D eigenvalue weighted by Gasteiger charge is -2.46. The Kier molecular flexibility index (Phi) is 5.22. The second-order valence-electron chi connectivity index (χ2n) is 9.66. The van der Waals surface area contributed by atoms with Gasteiger partial charge in [-0.15, -0.1) is 0 Å². The Bertz CT molecular complexity index is 1030. The third-order valence-electron chi connectivity index (χ3n) is 7.83. The zero-order valence-corrected chi connectivity index (χ0v) is 19.1. The van der Waals surface area contributed by atoms with E-state index in [4.69, 9.17) is 4.74 Å². The number of aromatic nitrogens is 2. The molecular weight excluding hydrogens is 404 g/mol. The summed E-state index contributed by atoms with van der Waals surface area (Å²) in [5.41, 5.74) is 2.02. The summed E-state index contributed by atoms with van der Waals surface area (Å²) in [5.74, 6) is 0.869. The number of piperidine rings is 1. The predicted octanol–water partition coefficient (Wildman–Crippen LogP) is 3.87. The molecule has 2 aromatic rings. The van der Waals surface area contributed by atoms with Gasteiger partial charge in [0.2, 0.25) is 5.91 Å². The summed E-state index contributed by atoms with van der Waals surface area (Å²) in [6, 6.07) is 10.0. The molecule has 2 amide bonds.